The molecule has 1 amide bonds. The van der Waals surface area contributed by atoms with E-state index in [0.29, 0.717) is 46.2 Å². The summed E-state index contributed by atoms with van der Waals surface area (Å²) in [6.45, 7) is 4.04. The molecule has 11 heteroatoms. The summed E-state index contributed by atoms with van der Waals surface area (Å²) in [5.74, 6) is 1.64. The van der Waals surface area contributed by atoms with Crippen molar-refractivity contribution in [3.05, 3.63) is 59.4 Å². The Morgan fingerprint density at radius 1 is 1.06 bits per heavy atom. The first-order valence-electron chi connectivity index (χ1n) is 10.8. The fourth-order valence-corrected chi connectivity index (χ4v) is 3.28. The van der Waals surface area contributed by atoms with Gasteiger partial charge < -0.3 is 29.8 Å². The molecule has 0 saturated carbocycles. The number of fused-ring (bicyclic) bond motifs is 1. The van der Waals surface area contributed by atoms with Gasteiger partial charge in [-0.3, -0.25) is 10.2 Å². The van der Waals surface area contributed by atoms with Gasteiger partial charge in [-0.05, 0) is 50.2 Å². The normalized spacial score (nSPS) is 10.7. The van der Waals surface area contributed by atoms with Crippen LogP contribution in [0, 0.1) is 12.3 Å². The highest BCUT2D eigenvalue weighted by Crippen LogP contribution is 2.34. The molecule has 2 aromatic carbocycles. The van der Waals surface area contributed by atoms with Crippen LogP contribution < -0.4 is 19.9 Å². The summed E-state index contributed by atoms with van der Waals surface area (Å²) in [6.07, 6.45) is 0. The summed E-state index contributed by atoms with van der Waals surface area (Å²) >= 11 is 0. The standard InChI is InChI=1S/C24H25N7O4/c1-5-33-17-10-9-14(20(25)26)12-18(17)35-24-29-21-19(27-13(2)28-21)22(30-24)34-16-8-6-7-15(11-16)23(32)31(3)4/h6-12H,5H2,1-4H3,(H3,25,26)(H,27,28,29,30). The minimum absolute atomic E-state index is 0.0406. The number of carbonyl (C=O) groups excluding carboxylic acids is 1. The van der Waals surface area contributed by atoms with Crippen LogP contribution in [-0.4, -0.2) is 57.3 Å². The first kappa shape index (κ1) is 23.5. The first-order chi connectivity index (χ1) is 16.7. The van der Waals surface area contributed by atoms with E-state index in [0.717, 1.165) is 0 Å². The van der Waals surface area contributed by atoms with Gasteiger partial charge in [-0.25, -0.2) is 4.98 Å². The maximum atomic E-state index is 12.4. The zero-order valence-corrected chi connectivity index (χ0v) is 19.7. The lowest BCUT2D eigenvalue weighted by Gasteiger charge is -2.13. The first-order valence-corrected chi connectivity index (χ1v) is 10.8. The molecule has 4 aromatic rings. The molecule has 0 atom stereocenters. The topological polar surface area (TPSA) is 152 Å². The second-order valence-corrected chi connectivity index (χ2v) is 7.77. The maximum Gasteiger partial charge on any atom is 0.327 e. The molecule has 0 unspecified atom stereocenters. The number of amides is 1. The quantitative estimate of drug-likeness (QED) is 0.258. The maximum absolute atomic E-state index is 12.4. The van der Waals surface area contributed by atoms with Crippen LogP contribution in [0.15, 0.2) is 42.5 Å². The van der Waals surface area contributed by atoms with Crippen molar-refractivity contribution in [2.24, 2.45) is 5.73 Å². The van der Waals surface area contributed by atoms with Gasteiger partial charge in [-0.2, -0.15) is 9.97 Å². The van der Waals surface area contributed by atoms with Crippen molar-refractivity contribution >= 4 is 22.9 Å². The van der Waals surface area contributed by atoms with Gasteiger partial charge in [0.25, 0.3) is 11.8 Å². The molecule has 11 nitrogen and oxygen atoms in total. The fourth-order valence-electron chi connectivity index (χ4n) is 3.28. The number of carbonyl (C=O) groups is 1. The van der Waals surface area contributed by atoms with Gasteiger partial charge in [0, 0.05) is 25.2 Å². The Bertz CT molecular complexity index is 1410. The van der Waals surface area contributed by atoms with E-state index in [2.05, 4.69) is 19.9 Å². The molecule has 2 heterocycles. The Morgan fingerprint density at radius 3 is 2.57 bits per heavy atom. The predicted octanol–water partition coefficient (Wildman–Crippen LogP) is 3.63. The van der Waals surface area contributed by atoms with E-state index < -0.39 is 0 Å². The number of nitrogens with two attached hydrogens (primary N) is 1. The third-order valence-electron chi connectivity index (χ3n) is 4.87. The molecule has 0 spiro atoms. The molecular formula is C24H25N7O4. The molecule has 0 aliphatic rings. The molecule has 0 aliphatic carbocycles. The summed E-state index contributed by atoms with van der Waals surface area (Å²) in [6, 6.07) is 11.6. The Kier molecular flexibility index (Phi) is 6.49. The van der Waals surface area contributed by atoms with Crippen molar-refractivity contribution in [3.63, 3.8) is 0 Å². The van der Waals surface area contributed by atoms with Gasteiger partial charge >= 0.3 is 6.01 Å². The van der Waals surface area contributed by atoms with Crippen LogP contribution in [0.4, 0.5) is 0 Å². The second-order valence-electron chi connectivity index (χ2n) is 7.77. The number of H-pyrrole nitrogens is 1. The van der Waals surface area contributed by atoms with Crippen molar-refractivity contribution < 1.29 is 19.0 Å². The molecule has 0 saturated heterocycles. The van der Waals surface area contributed by atoms with Crippen LogP contribution >= 0.6 is 0 Å². The molecular weight excluding hydrogens is 450 g/mol. The molecule has 0 bridgehead atoms. The Hall–Kier alpha value is -4.67. The number of hydrogen-bond donors (Lipinski definition) is 3. The highest BCUT2D eigenvalue weighted by molar-refractivity contribution is 5.95. The van der Waals surface area contributed by atoms with Crippen LogP contribution in [-0.2, 0) is 0 Å². The molecule has 4 N–H and O–H groups in total. The number of imidazole rings is 1. The number of nitrogen functional groups attached to an aromatic ring is 1. The Morgan fingerprint density at radius 2 is 1.86 bits per heavy atom. The van der Waals surface area contributed by atoms with Crippen molar-refractivity contribution in [2.45, 2.75) is 13.8 Å². The van der Waals surface area contributed by atoms with Crippen molar-refractivity contribution in [3.8, 4) is 29.1 Å². The number of amidine groups is 1. The highest BCUT2D eigenvalue weighted by Gasteiger charge is 2.18. The highest BCUT2D eigenvalue weighted by atomic mass is 16.5. The molecule has 0 fully saturated rings. The number of ether oxygens (including phenoxy) is 3. The van der Waals surface area contributed by atoms with E-state index in [1.165, 1.54) is 4.90 Å². The van der Waals surface area contributed by atoms with Crippen molar-refractivity contribution in [1.29, 1.82) is 5.41 Å². The average molecular weight is 476 g/mol. The SMILES string of the molecule is CCOc1ccc(C(=N)N)cc1Oc1nc(Oc2cccc(C(=O)N(C)C)c2)c2[nH]c(C)nc2n1. The van der Waals surface area contributed by atoms with Crippen LogP contribution in [0.25, 0.3) is 11.2 Å². The van der Waals surface area contributed by atoms with E-state index in [1.807, 2.05) is 6.92 Å². The molecule has 180 valence electrons. The summed E-state index contributed by atoms with van der Waals surface area (Å²) in [4.78, 5) is 30.1. The smallest absolute Gasteiger partial charge is 0.327 e. The van der Waals surface area contributed by atoms with Gasteiger partial charge in [0.05, 0.1) is 6.61 Å². The zero-order chi connectivity index (χ0) is 25.1. The van der Waals surface area contributed by atoms with E-state index in [9.17, 15) is 4.79 Å². The number of hydrogen-bond acceptors (Lipinski definition) is 8. The number of nitrogens with one attached hydrogen (secondary N) is 2. The largest absolute Gasteiger partial charge is 0.490 e. The van der Waals surface area contributed by atoms with Gasteiger partial charge in [0.1, 0.15) is 22.9 Å². The van der Waals surface area contributed by atoms with Crippen LogP contribution in [0.2, 0.25) is 0 Å². The third kappa shape index (κ3) is 5.13. The second kappa shape index (κ2) is 9.67. The summed E-state index contributed by atoms with van der Waals surface area (Å²) in [7, 11) is 3.36. The number of aromatic nitrogens is 4. The number of benzene rings is 2. The Balaban J connectivity index is 1.74. The van der Waals surface area contributed by atoms with Crippen LogP contribution in [0.1, 0.15) is 28.7 Å². The Labute approximate surface area is 201 Å². The van der Waals surface area contributed by atoms with Crippen molar-refractivity contribution in [1.82, 2.24) is 24.8 Å². The number of rotatable bonds is 8. The molecule has 4 rings (SSSR count). The number of aromatic amines is 1. The summed E-state index contributed by atoms with van der Waals surface area (Å²) in [5.41, 5.74) is 7.37. The van der Waals surface area contributed by atoms with Crippen LogP contribution in [0.5, 0.6) is 29.1 Å². The average Bonchev–Trinajstić information content (AvgIpc) is 3.20. The van der Waals surface area contributed by atoms with Gasteiger partial charge in [0.2, 0.25) is 0 Å². The number of aryl methyl sites for hydroxylation is 1. The zero-order valence-electron chi connectivity index (χ0n) is 19.7. The van der Waals surface area contributed by atoms with Gasteiger partial charge in [0.15, 0.2) is 17.1 Å². The van der Waals surface area contributed by atoms with E-state index in [4.69, 9.17) is 25.4 Å². The summed E-state index contributed by atoms with van der Waals surface area (Å²) in [5, 5.41) is 7.72. The van der Waals surface area contributed by atoms with E-state index in [1.54, 1.807) is 63.5 Å². The molecule has 0 aliphatic heterocycles. The van der Waals surface area contributed by atoms with Crippen LogP contribution in [0.3, 0.4) is 0 Å². The molecule has 0 radical (unpaired) electrons. The van der Waals surface area contributed by atoms with E-state index in [-0.39, 0.29) is 29.4 Å². The molecule has 2 aromatic heterocycles. The predicted molar refractivity (Wildman–Crippen MR) is 130 cm³/mol. The minimum atomic E-state index is -0.154. The lowest BCUT2D eigenvalue weighted by atomic mass is 10.2. The van der Waals surface area contributed by atoms with Gasteiger partial charge in [-0.15, -0.1) is 0 Å². The number of nitrogens with zero attached hydrogens (tertiary/aromatic N) is 4. The summed E-state index contributed by atoms with van der Waals surface area (Å²) < 4.78 is 17.6. The third-order valence-corrected chi connectivity index (χ3v) is 4.87. The lowest BCUT2D eigenvalue weighted by molar-refractivity contribution is 0.0827. The van der Waals surface area contributed by atoms with E-state index >= 15 is 0 Å². The minimum Gasteiger partial charge on any atom is -0.490 e. The molecule has 35 heavy (non-hydrogen) atoms. The fraction of sp³-hybridized carbons (Fsp3) is 0.208. The lowest BCUT2D eigenvalue weighted by Crippen LogP contribution is -2.21. The van der Waals surface area contributed by atoms with Gasteiger partial charge in [-0.1, -0.05) is 6.07 Å². The van der Waals surface area contributed by atoms with Crippen molar-refractivity contribution in [2.75, 3.05) is 20.7 Å². The monoisotopic (exact) mass is 475 g/mol.